The van der Waals surface area contributed by atoms with Gasteiger partial charge in [-0.1, -0.05) is 36.8 Å². The van der Waals surface area contributed by atoms with Crippen LogP contribution in [0.3, 0.4) is 0 Å². The minimum absolute atomic E-state index is 0.174. The second kappa shape index (κ2) is 6.67. The highest BCUT2D eigenvalue weighted by Crippen LogP contribution is 2.44. The maximum atomic E-state index is 12.9. The highest BCUT2D eigenvalue weighted by molar-refractivity contribution is 7.80. The number of benzene rings is 1. The Hall–Kier alpha value is -1.30. The van der Waals surface area contributed by atoms with Crippen molar-refractivity contribution >= 4 is 17.3 Å². The molecule has 0 spiro atoms. The largest absolute Gasteiger partial charge is 0.406 e. The molecule has 126 valence electrons. The summed E-state index contributed by atoms with van der Waals surface area (Å²) >= 11 is 5.31. The number of hydrogen-bond donors (Lipinski definition) is 1. The molecule has 6 heteroatoms. The molecule has 0 heterocycles. The molecule has 0 saturated heterocycles. The van der Waals surface area contributed by atoms with Crippen molar-refractivity contribution in [1.82, 2.24) is 10.2 Å². The Kier molecular flexibility index (Phi) is 4.80. The Bertz CT molecular complexity index is 547. The van der Waals surface area contributed by atoms with Crippen LogP contribution < -0.4 is 5.32 Å². The zero-order valence-corrected chi connectivity index (χ0v) is 13.7. The van der Waals surface area contributed by atoms with Gasteiger partial charge in [-0.25, -0.2) is 0 Å². The van der Waals surface area contributed by atoms with E-state index in [4.69, 9.17) is 12.2 Å². The zero-order chi connectivity index (χ0) is 16.4. The molecule has 1 aromatic rings. The van der Waals surface area contributed by atoms with Gasteiger partial charge in [0.05, 0.1) is 0 Å². The summed E-state index contributed by atoms with van der Waals surface area (Å²) in [7, 11) is 0. The molecular formula is C17H21F3N2S. The molecule has 2 bridgehead atoms. The van der Waals surface area contributed by atoms with E-state index >= 15 is 0 Å². The van der Waals surface area contributed by atoms with Crippen LogP contribution in [0.15, 0.2) is 30.3 Å². The van der Waals surface area contributed by atoms with Crippen molar-refractivity contribution in [2.24, 2.45) is 11.8 Å². The van der Waals surface area contributed by atoms with E-state index in [-0.39, 0.29) is 17.7 Å². The molecule has 1 N–H and O–H groups in total. The van der Waals surface area contributed by atoms with Gasteiger partial charge in [0.15, 0.2) is 5.11 Å². The topological polar surface area (TPSA) is 15.3 Å². The third-order valence-electron chi connectivity index (χ3n) is 4.92. The minimum atomic E-state index is -4.27. The predicted octanol–water partition coefficient (Wildman–Crippen LogP) is 4.11. The lowest BCUT2D eigenvalue weighted by Gasteiger charge is -2.31. The van der Waals surface area contributed by atoms with Crippen LogP contribution in [-0.4, -0.2) is 28.8 Å². The summed E-state index contributed by atoms with van der Waals surface area (Å²) in [6.07, 6.45) is 0.387. The molecule has 0 amide bonds. The second-order valence-corrected chi connectivity index (χ2v) is 7.07. The van der Waals surface area contributed by atoms with Crippen molar-refractivity contribution in [2.45, 2.75) is 44.4 Å². The van der Waals surface area contributed by atoms with Gasteiger partial charge in [-0.15, -0.1) is 0 Å². The Morgan fingerprint density at radius 3 is 2.48 bits per heavy atom. The molecule has 2 aliphatic rings. The SMILES string of the molecule is FC(F)(F)CN(Cc1ccccc1)C(=S)N[C@H]1C[C@H]2CC[C@@H]1C2. The summed E-state index contributed by atoms with van der Waals surface area (Å²) in [6, 6.07) is 9.39. The van der Waals surface area contributed by atoms with Crippen LogP contribution in [-0.2, 0) is 6.54 Å². The average Bonchev–Trinajstić information content (AvgIpc) is 3.09. The van der Waals surface area contributed by atoms with E-state index in [1.54, 1.807) is 0 Å². The summed E-state index contributed by atoms with van der Waals surface area (Å²) in [5.41, 5.74) is 0.828. The Morgan fingerprint density at radius 1 is 1.17 bits per heavy atom. The number of halogens is 3. The number of alkyl halides is 3. The maximum Gasteiger partial charge on any atom is 0.406 e. The molecule has 0 unspecified atom stereocenters. The lowest BCUT2D eigenvalue weighted by Crippen LogP contribution is -2.48. The minimum Gasteiger partial charge on any atom is -0.360 e. The van der Waals surface area contributed by atoms with Gasteiger partial charge in [-0.05, 0) is 48.9 Å². The fraction of sp³-hybridized carbons (Fsp3) is 0.588. The first-order valence-electron chi connectivity index (χ1n) is 8.07. The van der Waals surface area contributed by atoms with E-state index in [9.17, 15) is 13.2 Å². The van der Waals surface area contributed by atoms with Crippen LogP contribution in [0.4, 0.5) is 13.2 Å². The van der Waals surface area contributed by atoms with Gasteiger partial charge in [0.1, 0.15) is 6.54 Å². The summed E-state index contributed by atoms with van der Waals surface area (Å²) in [6.45, 7) is -0.846. The lowest BCUT2D eigenvalue weighted by atomic mass is 9.95. The Labute approximate surface area is 140 Å². The predicted molar refractivity (Wildman–Crippen MR) is 87.9 cm³/mol. The third kappa shape index (κ3) is 4.37. The summed E-state index contributed by atoms with van der Waals surface area (Å²) in [4.78, 5) is 1.23. The fourth-order valence-corrected chi connectivity index (χ4v) is 4.17. The first-order valence-corrected chi connectivity index (χ1v) is 8.47. The molecule has 1 aromatic carbocycles. The first-order chi connectivity index (χ1) is 10.9. The number of thiocarbonyl (C=S) groups is 1. The fourth-order valence-electron chi connectivity index (χ4n) is 3.89. The highest BCUT2D eigenvalue weighted by atomic mass is 32.1. The van der Waals surface area contributed by atoms with Crippen molar-refractivity contribution in [3.63, 3.8) is 0 Å². The van der Waals surface area contributed by atoms with Crippen LogP contribution in [0.5, 0.6) is 0 Å². The van der Waals surface area contributed by atoms with E-state index in [2.05, 4.69) is 5.32 Å². The number of nitrogens with one attached hydrogen (secondary N) is 1. The van der Waals surface area contributed by atoms with Gasteiger partial charge in [0, 0.05) is 12.6 Å². The van der Waals surface area contributed by atoms with E-state index in [0.717, 1.165) is 17.9 Å². The molecule has 2 nitrogen and oxygen atoms in total. The van der Waals surface area contributed by atoms with E-state index < -0.39 is 12.7 Å². The van der Waals surface area contributed by atoms with E-state index in [1.165, 1.54) is 24.2 Å². The second-order valence-electron chi connectivity index (χ2n) is 6.69. The van der Waals surface area contributed by atoms with Crippen molar-refractivity contribution < 1.29 is 13.2 Å². The average molecular weight is 342 g/mol. The molecule has 0 radical (unpaired) electrons. The number of nitrogens with zero attached hydrogens (tertiary/aromatic N) is 1. The zero-order valence-electron chi connectivity index (χ0n) is 12.9. The maximum absolute atomic E-state index is 12.9. The van der Waals surface area contributed by atoms with Crippen LogP contribution in [0.1, 0.15) is 31.2 Å². The lowest BCUT2D eigenvalue weighted by molar-refractivity contribution is -0.138. The summed E-state index contributed by atoms with van der Waals surface area (Å²) in [5, 5.41) is 3.44. The molecule has 23 heavy (non-hydrogen) atoms. The monoisotopic (exact) mass is 342 g/mol. The van der Waals surface area contributed by atoms with Gasteiger partial charge in [-0.3, -0.25) is 0 Å². The Balaban J connectivity index is 1.65. The van der Waals surface area contributed by atoms with Crippen molar-refractivity contribution in [1.29, 1.82) is 0 Å². The summed E-state index contributed by atoms with van der Waals surface area (Å²) < 4.78 is 38.7. The quantitative estimate of drug-likeness (QED) is 0.829. The molecule has 3 rings (SSSR count). The molecule has 2 saturated carbocycles. The van der Waals surface area contributed by atoms with Crippen molar-refractivity contribution in [3.05, 3.63) is 35.9 Å². The smallest absolute Gasteiger partial charge is 0.360 e. The van der Waals surface area contributed by atoms with Crippen LogP contribution in [0.25, 0.3) is 0 Å². The standard InChI is InChI=1S/C17H21F3N2S/c18-17(19,20)11-22(10-12-4-2-1-3-5-12)16(23)21-15-9-13-6-7-14(15)8-13/h1-5,13-15H,6-11H2,(H,21,23)/t13-,14+,15-/m0/s1. The van der Waals surface area contributed by atoms with Crippen LogP contribution in [0.2, 0.25) is 0 Å². The molecular weight excluding hydrogens is 321 g/mol. The van der Waals surface area contributed by atoms with E-state index in [0.29, 0.717) is 5.92 Å². The van der Waals surface area contributed by atoms with Gasteiger partial charge >= 0.3 is 6.18 Å². The summed E-state index contributed by atoms with van der Waals surface area (Å²) in [5.74, 6) is 1.30. The molecule has 0 aromatic heterocycles. The van der Waals surface area contributed by atoms with Gasteiger partial charge in [0.25, 0.3) is 0 Å². The van der Waals surface area contributed by atoms with Gasteiger partial charge in [0.2, 0.25) is 0 Å². The van der Waals surface area contributed by atoms with Crippen molar-refractivity contribution in [2.75, 3.05) is 6.54 Å². The highest BCUT2D eigenvalue weighted by Gasteiger charge is 2.40. The number of fused-ring (bicyclic) bond motifs is 2. The third-order valence-corrected chi connectivity index (χ3v) is 5.30. The van der Waals surface area contributed by atoms with E-state index in [1.807, 2.05) is 30.3 Å². The molecule has 3 atom stereocenters. The first kappa shape index (κ1) is 16.6. The molecule has 2 aliphatic carbocycles. The van der Waals surface area contributed by atoms with Gasteiger partial charge < -0.3 is 10.2 Å². The number of hydrogen-bond acceptors (Lipinski definition) is 1. The Morgan fingerprint density at radius 2 is 1.91 bits per heavy atom. The van der Waals surface area contributed by atoms with Crippen LogP contribution in [0, 0.1) is 11.8 Å². The number of rotatable bonds is 4. The normalized spacial score (nSPS) is 26.3. The molecule has 0 aliphatic heterocycles. The molecule has 2 fully saturated rings. The van der Waals surface area contributed by atoms with Crippen LogP contribution >= 0.6 is 12.2 Å². The van der Waals surface area contributed by atoms with Gasteiger partial charge in [-0.2, -0.15) is 13.2 Å². The van der Waals surface area contributed by atoms with Crippen molar-refractivity contribution in [3.8, 4) is 0 Å².